The Kier molecular flexibility index (Phi) is 6.71. The number of para-hydroxylation sites is 1. The van der Waals surface area contributed by atoms with Crippen molar-refractivity contribution in [2.45, 2.75) is 46.2 Å². The Morgan fingerprint density at radius 3 is 2.48 bits per heavy atom. The van der Waals surface area contributed by atoms with Gasteiger partial charge in [-0.15, -0.1) is 0 Å². The molecular formula is C24H29N5O4. The second kappa shape index (κ2) is 9.32. The lowest BCUT2D eigenvalue weighted by molar-refractivity contribution is 0.0719. The molecule has 1 unspecified atom stereocenters. The molecule has 3 rings (SSSR count). The summed E-state index contributed by atoms with van der Waals surface area (Å²) in [6.07, 6.45) is -1.12. The van der Waals surface area contributed by atoms with Crippen LogP contribution < -0.4 is 16.2 Å². The molecule has 1 atom stereocenters. The van der Waals surface area contributed by atoms with E-state index >= 15 is 0 Å². The van der Waals surface area contributed by atoms with E-state index in [0.717, 1.165) is 0 Å². The minimum atomic E-state index is -1.12. The Labute approximate surface area is 192 Å². The maximum Gasteiger partial charge on any atom is 0.408 e. The predicted molar refractivity (Wildman–Crippen MR) is 128 cm³/mol. The maximum atomic E-state index is 13.6. The highest BCUT2D eigenvalue weighted by Gasteiger charge is 2.34. The summed E-state index contributed by atoms with van der Waals surface area (Å²) >= 11 is 0. The quantitative estimate of drug-likeness (QED) is 0.533. The number of carbonyl (C=O) groups excluding carboxylic acids is 1. The van der Waals surface area contributed by atoms with E-state index in [9.17, 15) is 19.5 Å². The van der Waals surface area contributed by atoms with Gasteiger partial charge in [-0.3, -0.25) is 14.3 Å². The van der Waals surface area contributed by atoms with Gasteiger partial charge in [0.15, 0.2) is 0 Å². The molecule has 0 saturated heterocycles. The number of amides is 3. The van der Waals surface area contributed by atoms with Crippen LogP contribution in [0.25, 0.3) is 16.6 Å². The van der Waals surface area contributed by atoms with Gasteiger partial charge in [-0.2, -0.15) is 0 Å². The molecule has 3 amide bonds. The third kappa shape index (κ3) is 4.97. The maximum absolute atomic E-state index is 13.6. The third-order valence-corrected chi connectivity index (χ3v) is 5.19. The third-order valence-electron chi connectivity index (χ3n) is 5.19. The minimum absolute atomic E-state index is 0.284. The number of nitrogens with one attached hydrogen (secondary N) is 2. The number of hydrogen-bond donors (Lipinski definition) is 3. The molecule has 2 aromatic carbocycles. The molecule has 0 bridgehead atoms. The molecule has 0 fully saturated rings. The van der Waals surface area contributed by atoms with Gasteiger partial charge >= 0.3 is 12.1 Å². The lowest BCUT2D eigenvalue weighted by atomic mass is 10.0. The number of benzene rings is 2. The molecule has 9 nitrogen and oxygen atoms in total. The molecule has 33 heavy (non-hydrogen) atoms. The van der Waals surface area contributed by atoms with Crippen molar-refractivity contribution >= 4 is 28.7 Å². The first kappa shape index (κ1) is 23.8. The summed E-state index contributed by atoms with van der Waals surface area (Å²) in [4.78, 5) is 43.7. The van der Waals surface area contributed by atoms with Crippen LogP contribution in [0.2, 0.25) is 0 Å². The van der Waals surface area contributed by atoms with Gasteiger partial charge in [-0.05, 0) is 65.0 Å². The number of anilines is 1. The molecule has 1 heterocycles. The van der Waals surface area contributed by atoms with Crippen LogP contribution in [-0.2, 0) is 0 Å². The molecular weight excluding hydrogens is 422 g/mol. The van der Waals surface area contributed by atoms with E-state index in [4.69, 9.17) is 4.98 Å². The molecule has 0 aliphatic heterocycles. The van der Waals surface area contributed by atoms with E-state index in [0.29, 0.717) is 28.8 Å². The van der Waals surface area contributed by atoms with E-state index < -0.39 is 17.7 Å². The van der Waals surface area contributed by atoms with Crippen molar-refractivity contribution in [2.24, 2.45) is 0 Å². The number of fused-ring (bicyclic) bond motifs is 1. The van der Waals surface area contributed by atoms with E-state index in [2.05, 4.69) is 10.6 Å². The van der Waals surface area contributed by atoms with Crippen LogP contribution >= 0.6 is 0 Å². The number of hydrogen-bond acceptors (Lipinski definition) is 4. The zero-order chi connectivity index (χ0) is 24.3. The highest BCUT2D eigenvalue weighted by molar-refractivity contribution is 5.89. The largest absolute Gasteiger partial charge is 0.465 e. The fraction of sp³-hybridized carbons (Fsp3) is 0.333. The van der Waals surface area contributed by atoms with Gasteiger partial charge in [0.05, 0.1) is 22.6 Å². The van der Waals surface area contributed by atoms with Crippen LogP contribution in [0.5, 0.6) is 0 Å². The summed E-state index contributed by atoms with van der Waals surface area (Å²) < 4.78 is 1.41. The van der Waals surface area contributed by atoms with Crippen LogP contribution in [0.3, 0.4) is 0 Å². The fourth-order valence-electron chi connectivity index (χ4n) is 3.89. The van der Waals surface area contributed by atoms with Gasteiger partial charge in [-0.25, -0.2) is 14.6 Å². The van der Waals surface area contributed by atoms with Crippen molar-refractivity contribution in [3.05, 3.63) is 64.7 Å². The van der Waals surface area contributed by atoms with Gasteiger partial charge in [0.2, 0.25) is 0 Å². The molecule has 174 valence electrons. The Balaban J connectivity index is 2.25. The summed E-state index contributed by atoms with van der Waals surface area (Å²) in [5.41, 5.74) is 0.381. The average molecular weight is 452 g/mol. The van der Waals surface area contributed by atoms with Crippen molar-refractivity contribution in [3.63, 3.8) is 0 Å². The SMILES string of the molecule is CCNC(=O)Nc1cccc(-n2c(C(C)N(C(=O)O)C(C)(C)C)nc3ccccc3c2=O)c1. The number of rotatable bonds is 5. The monoisotopic (exact) mass is 451 g/mol. The van der Waals surface area contributed by atoms with Crippen molar-refractivity contribution in [1.29, 1.82) is 0 Å². The molecule has 0 aliphatic carbocycles. The minimum Gasteiger partial charge on any atom is -0.465 e. The van der Waals surface area contributed by atoms with Crippen LogP contribution in [-0.4, -0.2) is 43.8 Å². The molecule has 3 aromatic rings. The summed E-state index contributed by atoms with van der Waals surface area (Å²) in [7, 11) is 0. The first-order chi connectivity index (χ1) is 15.5. The Hall–Kier alpha value is -3.88. The van der Waals surface area contributed by atoms with Crippen LogP contribution in [0, 0.1) is 0 Å². The summed E-state index contributed by atoms with van der Waals surface area (Å²) in [6, 6.07) is 12.7. The van der Waals surface area contributed by atoms with E-state index in [1.54, 1.807) is 76.2 Å². The van der Waals surface area contributed by atoms with E-state index in [-0.39, 0.29) is 17.4 Å². The second-order valence-electron chi connectivity index (χ2n) is 8.66. The summed E-state index contributed by atoms with van der Waals surface area (Å²) in [5.74, 6) is 0.284. The molecule has 0 spiro atoms. The van der Waals surface area contributed by atoms with Gasteiger partial charge in [0.25, 0.3) is 5.56 Å². The highest BCUT2D eigenvalue weighted by Crippen LogP contribution is 2.29. The zero-order valence-electron chi connectivity index (χ0n) is 19.4. The molecule has 0 radical (unpaired) electrons. The van der Waals surface area contributed by atoms with Gasteiger partial charge < -0.3 is 15.7 Å². The van der Waals surface area contributed by atoms with Crippen molar-refractivity contribution in [2.75, 3.05) is 11.9 Å². The average Bonchev–Trinajstić information content (AvgIpc) is 2.72. The summed E-state index contributed by atoms with van der Waals surface area (Å²) in [6.45, 7) is 9.36. The predicted octanol–water partition coefficient (Wildman–Crippen LogP) is 4.37. The number of nitrogens with zero attached hydrogens (tertiary/aromatic N) is 3. The topological polar surface area (TPSA) is 117 Å². The van der Waals surface area contributed by atoms with Crippen molar-refractivity contribution in [3.8, 4) is 5.69 Å². The zero-order valence-corrected chi connectivity index (χ0v) is 19.4. The van der Waals surface area contributed by atoms with Gasteiger partial charge in [-0.1, -0.05) is 18.2 Å². The number of urea groups is 1. The summed E-state index contributed by atoms with van der Waals surface area (Å²) in [5, 5.41) is 15.7. The standard InChI is InChI=1S/C24H29N5O4/c1-6-25-22(31)26-16-10-9-11-17(14-16)28-20(15(2)29(23(32)33)24(3,4)5)27-19-13-8-7-12-18(19)21(28)30/h7-15H,6H2,1-5H3,(H,32,33)(H2,25,26,31). The number of aromatic nitrogens is 2. The molecule has 0 saturated carbocycles. The first-order valence-electron chi connectivity index (χ1n) is 10.7. The fourth-order valence-corrected chi connectivity index (χ4v) is 3.89. The van der Waals surface area contributed by atoms with Crippen LogP contribution in [0.4, 0.5) is 15.3 Å². The normalized spacial score (nSPS) is 12.3. The Morgan fingerprint density at radius 2 is 1.85 bits per heavy atom. The first-order valence-corrected chi connectivity index (χ1v) is 10.7. The van der Waals surface area contributed by atoms with Crippen LogP contribution in [0.1, 0.15) is 46.5 Å². The second-order valence-corrected chi connectivity index (χ2v) is 8.66. The van der Waals surface area contributed by atoms with Gasteiger partial charge in [0, 0.05) is 17.8 Å². The van der Waals surface area contributed by atoms with Gasteiger partial charge in [0.1, 0.15) is 5.82 Å². The smallest absolute Gasteiger partial charge is 0.408 e. The van der Waals surface area contributed by atoms with E-state index in [1.165, 1.54) is 9.47 Å². The molecule has 3 N–H and O–H groups in total. The Bertz CT molecular complexity index is 1250. The van der Waals surface area contributed by atoms with Crippen LogP contribution in [0.15, 0.2) is 53.3 Å². The van der Waals surface area contributed by atoms with Crippen molar-refractivity contribution in [1.82, 2.24) is 19.8 Å². The van der Waals surface area contributed by atoms with E-state index in [1.807, 2.05) is 6.92 Å². The highest BCUT2D eigenvalue weighted by atomic mass is 16.4. The Morgan fingerprint density at radius 1 is 1.15 bits per heavy atom. The number of carboxylic acid groups (broad SMARTS) is 1. The number of carbonyl (C=O) groups is 2. The molecule has 1 aromatic heterocycles. The molecule has 9 heteroatoms. The molecule has 0 aliphatic rings. The lowest BCUT2D eigenvalue weighted by Gasteiger charge is -2.38. The lowest BCUT2D eigenvalue weighted by Crippen LogP contribution is -2.47. The van der Waals surface area contributed by atoms with Crippen molar-refractivity contribution < 1.29 is 14.7 Å².